The van der Waals surface area contributed by atoms with E-state index in [0.29, 0.717) is 5.56 Å². The van der Waals surface area contributed by atoms with Crippen molar-refractivity contribution in [1.29, 1.82) is 0 Å². The molecule has 0 aliphatic rings. The van der Waals surface area contributed by atoms with Crippen LogP contribution in [0.1, 0.15) is 36.3 Å². The van der Waals surface area contributed by atoms with E-state index in [9.17, 15) is 14.4 Å². The van der Waals surface area contributed by atoms with Gasteiger partial charge < -0.3 is 14.8 Å². The van der Waals surface area contributed by atoms with Crippen molar-refractivity contribution >= 4 is 17.8 Å². The molecule has 0 bridgehead atoms. The molecular formula is C14H19N3O5. The van der Waals surface area contributed by atoms with Gasteiger partial charge in [0, 0.05) is 31.0 Å². The molecule has 0 aliphatic carbocycles. The number of carbonyl (C=O) groups excluding carboxylic acids is 3. The molecule has 0 spiro atoms. The zero-order chi connectivity index (χ0) is 16.5. The monoisotopic (exact) mass is 309 g/mol. The van der Waals surface area contributed by atoms with Gasteiger partial charge in [0.1, 0.15) is 5.69 Å². The average molecular weight is 309 g/mol. The molecule has 0 saturated carbocycles. The van der Waals surface area contributed by atoms with E-state index in [-0.39, 0.29) is 43.4 Å². The van der Waals surface area contributed by atoms with Crippen molar-refractivity contribution < 1.29 is 23.9 Å². The van der Waals surface area contributed by atoms with Crippen LogP contribution in [-0.2, 0) is 25.6 Å². The maximum atomic E-state index is 11.8. The van der Waals surface area contributed by atoms with Crippen LogP contribution in [0.2, 0.25) is 0 Å². The molecule has 22 heavy (non-hydrogen) atoms. The highest BCUT2D eigenvalue weighted by Crippen LogP contribution is 2.07. The molecule has 1 heterocycles. The minimum Gasteiger partial charge on any atom is -0.466 e. The van der Waals surface area contributed by atoms with Crippen LogP contribution in [0.5, 0.6) is 0 Å². The molecule has 2 N–H and O–H groups in total. The highest BCUT2D eigenvalue weighted by atomic mass is 16.5. The first-order valence-electron chi connectivity index (χ1n) is 6.74. The lowest BCUT2D eigenvalue weighted by Gasteiger charge is -2.08. The Morgan fingerprint density at radius 2 is 2.09 bits per heavy atom. The molecule has 8 nitrogen and oxygen atoms in total. The third-order valence-corrected chi connectivity index (χ3v) is 2.67. The third-order valence-electron chi connectivity index (χ3n) is 2.67. The molecule has 1 aromatic heterocycles. The summed E-state index contributed by atoms with van der Waals surface area (Å²) in [6.45, 7) is 7.06. The fourth-order valence-corrected chi connectivity index (χ4v) is 1.56. The van der Waals surface area contributed by atoms with E-state index in [1.54, 1.807) is 6.92 Å². The van der Waals surface area contributed by atoms with Gasteiger partial charge in [0.25, 0.3) is 0 Å². The quantitative estimate of drug-likeness (QED) is 0.540. The first-order valence-corrected chi connectivity index (χ1v) is 6.74. The lowest BCUT2D eigenvalue weighted by Crippen LogP contribution is -2.25. The second kappa shape index (κ2) is 8.60. The van der Waals surface area contributed by atoms with Crippen LogP contribution < -0.4 is 5.32 Å². The summed E-state index contributed by atoms with van der Waals surface area (Å²) >= 11 is 0. The Labute approximate surface area is 127 Å². The van der Waals surface area contributed by atoms with Gasteiger partial charge in [-0.3, -0.25) is 14.7 Å². The van der Waals surface area contributed by atoms with Gasteiger partial charge >= 0.3 is 11.9 Å². The number of esters is 2. The molecule has 0 aromatic carbocycles. The Bertz CT molecular complexity index is 565. The van der Waals surface area contributed by atoms with Crippen molar-refractivity contribution in [3.63, 3.8) is 0 Å². The molecule has 0 fully saturated rings. The minimum atomic E-state index is -0.530. The van der Waals surface area contributed by atoms with Crippen LogP contribution >= 0.6 is 0 Å². The first kappa shape index (κ1) is 17.4. The molecule has 1 amide bonds. The number of nitrogens with one attached hydrogen (secondary N) is 2. The summed E-state index contributed by atoms with van der Waals surface area (Å²) in [6.07, 6.45) is 1.68. The van der Waals surface area contributed by atoms with E-state index in [1.165, 1.54) is 13.1 Å². The van der Waals surface area contributed by atoms with Gasteiger partial charge in [-0.2, -0.15) is 5.10 Å². The van der Waals surface area contributed by atoms with Crippen LogP contribution in [-0.4, -0.2) is 41.3 Å². The van der Waals surface area contributed by atoms with Crippen LogP contribution in [0, 0.1) is 0 Å². The van der Waals surface area contributed by atoms with Gasteiger partial charge in [-0.1, -0.05) is 6.58 Å². The zero-order valence-corrected chi connectivity index (χ0v) is 12.6. The lowest BCUT2D eigenvalue weighted by molar-refractivity contribution is -0.141. The van der Waals surface area contributed by atoms with Crippen LogP contribution in [0.15, 0.2) is 18.3 Å². The first-order chi connectivity index (χ1) is 10.5. The summed E-state index contributed by atoms with van der Waals surface area (Å²) in [5.41, 5.74) is 0.995. The Kier molecular flexibility index (Phi) is 6.81. The van der Waals surface area contributed by atoms with Crippen molar-refractivity contribution in [2.24, 2.45) is 0 Å². The van der Waals surface area contributed by atoms with Gasteiger partial charge in [-0.05, 0) is 6.92 Å². The second-order valence-corrected chi connectivity index (χ2v) is 4.37. The highest BCUT2D eigenvalue weighted by molar-refractivity contribution is 5.93. The van der Waals surface area contributed by atoms with Gasteiger partial charge in [0.2, 0.25) is 5.91 Å². The molecule has 0 unspecified atom stereocenters. The predicted octanol–water partition coefficient (Wildman–Crippen LogP) is 0.712. The van der Waals surface area contributed by atoms with E-state index < -0.39 is 11.9 Å². The summed E-state index contributed by atoms with van der Waals surface area (Å²) in [6, 6.07) is 0. The normalized spacial score (nSPS) is 9.91. The maximum Gasteiger partial charge on any atom is 0.356 e. The molecule has 0 aliphatic heterocycles. The number of rotatable bonds is 8. The predicted molar refractivity (Wildman–Crippen MR) is 76.8 cm³/mol. The lowest BCUT2D eigenvalue weighted by atomic mass is 10.2. The summed E-state index contributed by atoms with van der Waals surface area (Å²) in [5.74, 6) is -1.33. The SMILES string of the molecule is C=C(CCOC(C)=O)C(=O)NCc1cn[nH]c1C(=O)OCC. The number of ether oxygens (including phenoxy) is 2. The average Bonchev–Trinajstić information content (AvgIpc) is 2.92. The van der Waals surface area contributed by atoms with E-state index in [1.807, 2.05) is 0 Å². The van der Waals surface area contributed by atoms with Crippen molar-refractivity contribution in [1.82, 2.24) is 15.5 Å². The fourth-order valence-electron chi connectivity index (χ4n) is 1.56. The summed E-state index contributed by atoms with van der Waals surface area (Å²) in [4.78, 5) is 34.1. The topological polar surface area (TPSA) is 110 Å². The van der Waals surface area contributed by atoms with Crippen molar-refractivity contribution in [2.45, 2.75) is 26.8 Å². The van der Waals surface area contributed by atoms with Gasteiger partial charge in [0.05, 0.1) is 19.4 Å². The Morgan fingerprint density at radius 3 is 2.73 bits per heavy atom. The molecule has 0 atom stereocenters. The number of amides is 1. The molecule has 120 valence electrons. The molecule has 1 aromatic rings. The smallest absolute Gasteiger partial charge is 0.356 e. The van der Waals surface area contributed by atoms with E-state index in [2.05, 4.69) is 22.1 Å². The molecule has 0 saturated heterocycles. The van der Waals surface area contributed by atoms with E-state index in [0.717, 1.165) is 0 Å². The van der Waals surface area contributed by atoms with Gasteiger partial charge in [0.15, 0.2) is 0 Å². The third kappa shape index (κ3) is 5.39. The summed E-state index contributed by atoms with van der Waals surface area (Å²) in [5, 5.41) is 8.91. The van der Waals surface area contributed by atoms with Gasteiger partial charge in [-0.15, -0.1) is 0 Å². The summed E-state index contributed by atoms with van der Waals surface area (Å²) < 4.78 is 9.60. The molecule has 0 radical (unpaired) electrons. The maximum absolute atomic E-state index is 11.8. The van der Waals surface area contributed by atoms with Crippen LogP contribution in [0.25, 0.3) is 0 Å². The molecular weight excluding hydrogens is 290 g/mol. The van der Waals surface area contributed by atoms with Crippen LogP contribution in [0.3, 0.4) is 0 Å². The van der Waals surface area contributed by atoms with Crippen LogP contribution in [0.4, 0.5) is 0 Å². The van der Waals surface area contributed by atoms with Crippen molar-refractivity contribution in [3.8, 4) is 0 Å². The summed E-state index contributed by atoms with van der Waals surface area (Å²) in [7, 11) is 0. The number of H-pyrrole nitrogens is 1. The fraction of sp³-hybridized carbons (Fsp3) is 0.429. The van der Waals surface area contributed by atoms with Crippen molar-refractivity contribution in [2.75, 3.05) is 13.2 Å². The number of aromatic amines is 1. The zero-order valence-electron chi connectivity index (χ0n) is 12.6. The standard InChI is InChI=1S/C14H19N3O5/c1-4-21-14(20)12-11(8-16-17-12)7-15-13(19)9(2)5-6-22-10(3)18/h8H,2,4-7H2,1,3H3,(H,15,19)(H,16,17). The number of hydrogen-bond donors (Lipinski definition) is 2. The van der Waals surface area contributed by atoms with Crippen molar-refractivity contribution in [3.05, 3.63) is 29.6 Å². The largest absolute Gasteiger partial charge is 0.466 e. The van der Waals surface area contributed by atoms with E-state index >= 15 is 0 Å². The second-order valence-electron chi connectivity index (χ2n) is 4.37. The number of hydrogen-bond acceptors (Lipinski definition) is 6. The number of aromatic nitrogens is 2. The number of nitrogens with zero attached hydrogens (tertiary/aromatic N) is 1. The van der Waals surface area contributed by atoms with Gasteiger partial charge in [-0.25, -0.2) is 4.79 Å². The minimum absolute atomic E-state index is 0.0986. The Morgan fingerprint density at radius 1 is 1.36 bits per heavy atom. The van der Waals surface area contributed by atoms with E-state index in [4.69, 9.17) is 9.47 Å². The Balaban J connectivity index is 2.47. The molecule has 1 rings (SSSR count). The highest BCUT2D eigenvalue weighted by Gasteiger charge is 2.16. The Hall–Kier alpha value is -2.64. The number of carbonyl (C=O) groups is 3. The molecule has 8 heteroatoms.